The number of aromatic nitrogens is 2. The number of hydrogen-bond donors (Lipinski definition) is 3. The molecule has 1 aliphatic rings. The Morgan fingerprint density at radius 3 is 2.63 bits per heavy atom. The maximum Gasteiger partial charge on any atom is 0.319 e. The first-order valence-electron chi connectivity index (χ1n) is 12.5. The number of amides is 3. The van der Waals surface area contributed by atoms with Gasteiger partial charge in [-0.1, -0.05) is 6.92 Å². The Morgan fingerprint density at radius 2 is 2.03 bits per heavy atom. The van der Waals surface area contributed by atoms with Crippen molar-refractivity contribution >= 4 is 27.6 Å². The van der Waals surface area contributed by atoms with Crippen LogP contribution in [0.25, 0.3) is 0 Å². The molecule has 13 heteroatoms. The monoisotopic (exact) mass is 550 g/mol. The van der Waals surface area contributed by atoms with Gasteiger partial charge in [0.25, 0.3) is 10.0 Å². The average Bonchev–Trinajstić information content (AvgIpc) is 3.29. The molecule has 0 saturated heterocycles. The maximum atomic E-state index is 13.3. The first kappa shape index (κ1) is 29.4. The second kappa shape index (κ2) is 12.1. The fourth-order valence-electron chi connectivity index (χ4n) is 4.19. The van der Waals surface area contributed by atoms with Crippen molar-refractivity contribution in [3.63, 3.8) is 0 Å². The van der Waals surface area contributed by atoms with Crippen LogP contribution >= 0.6 is 0 Å². The standard InChI is InChI=1S/C25H38N6O6S/c1-16(2)27-25(34)28-20-7-8-21-19(9-20)10-24(33)31(18(4)14-32)11-17(3)22(37-21)12-30(6)38(35,36)23-13-29(5)15-26-23/h7-9,13,15-18,22,32H,10-12,14H2,1-6H3,(H2,27,28,34)/t17-,18+,22-/m1/s1. The second-order valence-electron chi connectivity index (χ2n) is 10.1. The number of nitrogens with zero attached hydrogens (tertiary/aromatic N) is 4. The molecule has 3 rings (SSSR count). The van der Waals surface area contributed by atoms with Gasteiger partial charge in [-0.2, -0.15) is 4.31 Å². The molecule has 210 valence electrons. The van der Waals surface area contributed by atoms with Crippen molar-refractivity contribution in [3.8, 4) is 5.75 Å². The summed E-state index contributed by atoms with van der Waals surface area (Å²) in [6, 6.07) is 4.15. The van der Waals surface area contributed by atoms with Crippen molar-refractivity contribution in [2.24, 2.45) is 13.0 Å². The van der Waals surface area contributed by atoms with Gasteiger partial charge >= 0.3 is 6.03 Å². The Kier molecular flexibility index (Phi) is 9.39. The molecule has 2 heterocycles. The average molecular weight is 551 g/mol. The number of carbonyl (C=O) groups excluding carboxylic acids is 2. The van der Waals surface area contributed by atoms with Crippen LogP contribution in [0, 0.1) is 5.92 Å². The molecule has 12 nitrogen and oxygen atoms in total. The Labute approximate surface area is 224 Å². The Morgan fingerprint density at radius 1 is 1.32 bits per heavy atom. The van der Waals surface area contributed by atoms with E-state index in [9.17, 15) is 23.1 Å². The van der Waals surface area contributed by atoms with E-state index < -0.39 is 22.2 Å². The third-order valence-electron chi connectivity index (χ3n) is 6.39. The second-order valence-corrected chi connectivity index (χ2v) is 12.1. The summed E-state index contributed by atoms with van der Waals surface area (Å²) in [5.74, 6) is -0.0656. The Balaban J connectivity index is 1.95. The van der Waals surface area contributed by atoms with Gasteiger partial charge in [-0.05, 0) is 39.0 Å². The summed E-state index contributed by atoms with van der Waals surface area (Å²) >= 11 is 0. The van der Waals surface area contributed by atoms with Crippen LogP contribution in [0.3, 0.4) is 0 Å². The number of fused-ring (bicyclic) bond motifs is 1. The summed E-state index contributed by atoms with van der Waals surface area (Å²) < 4.78 is 35.4. The topological polar surface area (TPSA) is 146 Å². The van der Waals surface area contributed by atoms with E-state index in [2.05, 4.69) is 15.6 Å². The summed E-state index contributed by atoms with van der Waals surface area (Å²) in [4.78, 5) is 31.1. The molecule has 3 atom stereocenters. The van der Waals surface area contributed by atoms with Crippen LogP contribution < -0.4 is 15.4 Å². The molecule has 2 aromatic rings. The molecule has 0 fully saturated rings. The number of rotatable bonds is 8. The highest BCUT2D eigenvalue weighted by Gasteiger charge is 2.34. The fraction of sp³-hybridized carbons (Fsp3) is 0.560. The fourth-order valence-corrected chi connectivity index (χ4v) is 5.33. The van der Waals surface area contributed by atoms with Gasteiger partial charge in [-0.15, -0.1) is 0 Å². The third-order valence-corrected chi connectivity index (χ3v) is 8.10. The largest absolute Gasteiger partial charge is 0.488 e. The van der Waals surface area contributed by atoms with Gasteiger partial charge in [0.05, 0.1) is 31.9 Å². The zero-order chi connectivity index (χ0) is 28.2. The van der Waals surface area contributed by atoms with Crippen LogP contribution in [0.4, 0.5) is 10.5 Å². The number of sulfonamides is 1. The van der Waals surface area contributed by atoms with Crippen molar-refractivity contribution in [3.05, 3.63) is 36.3 Å². The van der Waals surface area contributed by atoms with Gasteiger partial charge in [0.15, 0.2) is 5.03 Å². The minimum absolute atomic E-state index is 0.00580. The van der Waals surface area contributed by atoms with Crippen LogP contribution in [0.5, 0.6) is 5.75 Å². The lowest BCUT2D eigenvalue weighted by Crippen LogP contribution is -2.48. The molecule has 3 N–H and O–H groups in total. The smallest absolute Gasteiger partial charge is 0.319 e. The highest BCUT2D eigenvalue weighted by atomic mass is 32.2. The zero-order valence-electron chi connectivity index (χ0n) is 22.7. The number of imidazole rings is 1. The number of likely N-dealkylation sites (N-methyl/N-ethyl adjacent to an activating group) is 1. The molecule has 3 amide bonds. The van der Waals surface area contributed by atoms with Gasteiger partial charge in [-0.3, -0.25) is 4.79 Å². The molecular weight excluding hydrogens is 512 g/mol. The van der Waals surface area contributed by atoms with Crippen LogP contribution in [0.1, 0.15) is 33.3 Å². The summed E-state index contributed by atoms with van der Waals surface area (Å²) in [7, 11) is -0.722. The van der Waals surface area contributed by atoms with Crippen LogP contribution in [0.15, 0.2) is 35.7 Å². The molecule has 0 radical (unpaired) electrons. The molecule has 0 spiro atoms. The van der Waals surface area contributed by atoms with Crippen LogP contribution in [-0.4, -0.2) is 89.2 Å². The van der Waals surface area contributed by atoms with Crippen molar-refractivity contribution in [2.45, 2.75) is 57.3 Å². The minimum Gasteiger partial charge on any atom is -0.488 e. The van der Waals surface area contributed by atoms with Crippen molar-refractivity contribution in [2.75, 3.05) is 32.1 Å². The molecule has 0 saturated carbocycles. The molecule has 0 aliphatic carbocycles. The minimum atomic E-state index is -3.88. The summed E-state index contributed by atoms with van der Waals surface area (Å²) in [6.45, 7) is 7.38. The van der Waals surface area contributed by atoms with Crippen LogP contribution in [-0.2, 0) is 28.3 Å². The molecule has 0 bridgehead atoms. The van der Waals surface area contributed by atoms with Gasteiger partial charge < -0.3 is 29.9 Å². The van der Waals surface area contributed by atoms with Crippen molar-refractivity contribution < 1.29 is 27.9 Å². The quantitative estimate of drug-likeness (QED) is 0.451. The molecular formula is C25H38N6O6S. The van der Waals surface area contributed by atoms with E-state index in [-0.39, 0.29) is 55.0 Å². The first-order valence-corrected chi connectivity index (χ1v) is 14.0. The number of carbonyl (C=O) groups is 2. The number of nitrogens with one attached hydrogen (secondary N) is 2. The lowest BCUT2D eigenvalue weighted by molar-refractivity contribution is -0.134. The van der Waals surface area contributed by atoms with E-state index in [0.29, 0.717) is 17.0 Å². The number of benzene rings is 1. The highest BCUT2D eigenvalue weighted by Crippen LogP contribution is 2.29. The number of urea groups is 1. The van der Waals surface area contributed by atoms with Gasteiger partial charge in [0.2, 0.25) is 5.91 Å². The van der Waals surface area contributed by atoms with E-state index in [1.165, 1.54) is 23.9 Å². The van der Waals surface area contributed by atoms with Crippen molar-refractivity contribution in [1.82, 2.24) is 24.1 Å². The predicted octanol–water partition coefficient (Wildman–Crippen LogP) is 1.42. The summed E-state index contributed by atoms with van der Waals surface area (Å²) in [5, 5.41) is 15.2. The van der Waals surface area contributed by atoms with Gasteiger partial charge in [-0.25, -0.2) is 18.2 Å². The number of hydrogen-bond acceptors (Lipinski definition) is 7. The number of aliphatic hydroxyl groups excluding tert-OH is 1. The highest BCUT2D eigenvalue weighted by molar-refractivity contribution is 7.89. The molecule has 0 unspecified atom stereocenters. The lowest BCUT2D eigenvalue weighted by Gasteiger charge is -2.33. The van der Waals surface area contributed by atoms with E-state index in [1.807, 2.05) is 20.8 Å². The number of anilines is 1. The van der Waals surface area contributed by atoms with E-state index >= 15 is 0 Å². The Bertz CT molecular complexity index is 1250. The third kappa shape index (κ3) is 7.03. The molecule has 38 heavy (non-hydrogen) atoms. The van der Waals surface area contributed by atoms with E-state index in [4.69, 9.17) is 4.74 Å². The van der Waals surface area contributed by atoms with Gasteiger partial charge in [0.1, 0.15) is 11.9 Å². The summed E-state index contributed by atoms with van der Waals surface area (Å²) in [5.41, 5.74) is 1.03. The predicted molar refractivity (Wildman–Crippen MR) is 142 cm³/mol. The normalized spacial score (nSPS) is 19.3. The SMILES string of the molecule is CC(C)NC(=O)Nc1ccc2c(c1)CC(=O)N([C@@H](C)CO)C[C@@H](C)[C@@H](CN(C)S(=O)(=O)c1cn(C)cn1)O2. The summed E-state index contributed by atoms with van der Waals surface area (Å²) in [6.07, 6.45) is 2.22. The van der Waals surface area contributed by atoms with Crippen molar-refractivity contribution in [1.29, 1.82) is 0 Å². The first-order chi connectivity index (χ1) is 17.8. The molecule has 1 aromatic carbocycles. The van der Waals surface area contributed by atoms with Gasteiger partial charge in [0, 0.05) is 50.0 Å². The zero-order valence-corrected chi connectivity index (χ0v) is 23.5. The van der Waals surface area contributed by atoms with E-state index in [0.717, 1.165) is 0 Å². The number of aliphatic hydroxyl groups is 1. The lowest BCUT2D eigenvalue weighted by atomic mass is 10.0. The maximum absolute atomic E-state index is 13.3. The van der Waals surface area contributed by atoms with Crippen LogP contribution in [0.2, 0.25) is 0 Å². The number of ether oxygens (including phenoxy) is 1. The molecule has 1 aliphatic heterocycles. The van der Waals surface area contributed by atoms with E-state index in [1.54, 1.807) is 41.6 Å². The molecule has 1 aromatic heterocycles. The number of aryl methyl sites for hydroxylation is 1. The Hall–Kier alpha value is -3.16.